The fourth-order valence-corrected chi connectivity index (χ4v) is 2.61. The summed E-state index contributed by atoms with van der Waals surface area (Å²) in [6, 6.07) is 0. The molecule has 4 heteroatoms. The number of carbonyl (C=O) groups is 2. The maximum Gasteiger partial charge on any atom is 0.140 e. The molecule has 0 saturated heterocycles. The predicted molar refractivity (Wildman–Crippen MR) is 107 cm³/mol. The first-order valence-corrected chi connectivity index (χ1v) is 9.85. The van der Waals surface area contributed by atoms with Crippen LogP contribution in [0.25, 0.3) is 0 Å². The highest BCUT2D eigenvalue weighted by Gasteiger charge is 2.23. The van der Waals surface area contributed by atoms with Crippen LogP contribution in [0.4, 0.5) is 0 Å². The van der Waals surface area contributed by atoms with Gasteiger partial charge in [0.2, 0.25) is 0 Å². The van der Waals surface area contributed by atoms with Crippen molar-refractivity contribution in [1.29, 1.82) is 0 Å². The molecular weight excluding hydrogens is 328 g/mol. The molecule has 4 nitrogen and oxygen atoms in total. The molecular formula is C22H42O4. The van der Waals surface area contributed by atoms with Gasteiger partial charge in [-0.1, -0.05) is 62.3 Å². The van der Waals surface area contributed by atoms with E-state index in [1.165, 1.54) is 0 Å². The van der Waals surface area contributed by atoms with E-state index in [2.05, 4.69) is 20.8 Å². The number of ketones is 2. The molecule has 154 valence electrons. The minimum atomic E-state index is -0.309. The number of carbonyl (C=O) groups excluding carboxylic acids is 2. The molecule has 0 aliphatic heterocycles. The van der Waals surface area contributed by atoms with Crippen molar-refractivity contribution in [1.82, 2.24) is 0 Å². The summed E-state index contributed by atoms with van der Waals surface area (Å²) in [6.07, 6.45) is 1.88. The van der Waals surface area contributed by atoms with Crippen LogP contribution in [0.2, 0.25) is 0 Å². The molecule has 0 aromatic rings. The fraction of sp³-hybridized carbons (Fsp3) is 0.909. The zero-order valence-corrected chi connectivity index (χ0v) is 18.7. The smallest absolute Gasteiger partial charge is 0.140 e. The summed E-state index contributed by atoms with van der Waals surface area (Å²) in [5.41, 5.74) is -0.437. The van der Waals surface area contributed by atoms with Gasteiger partial charge in [0.1, 0.15) is 11.6 Å². The van der Waals surface area contributed by atoms with E-state index in [1.807, 2.05) is 41.5 Å². The summed E-state index contributed by atoms with van der Waals surface area (Å²) >= 11 is 0. The minimum absolute atomic E-state index is 0.180. The molecule has 0 amide bonds. The van der Waals surface area contributed by atoms with Crippen molar-refractivity contribution in [3.63, 3.8) is 0 Å². The fourth-order valence-electron chi connectivity index (χ4n) is 2.61. The maximum absolute atomic E-state index is 12.0. The van der Waals surface area contributed by atoms with Crippen LogP contribution in [-0.4, -0.2) is 38.0 Å². The van der Waals surface area contributed by atoms with E-state index >= 15 is 0 Å². The monoisotopic (exact) mass is 370 g/mol. The summed E-state index contributed by atoms with van der Waals surface area (Å²) in [5, 5.41) is 0. The molecule has 0 aromatic heterocycles. The highest BCUT2D eigenvalue weighted by atomic mass is 16.5. The Morgan fingerprint density at radius 1 is 0.692 bits per heavy atom. The van der Waals surface area contributed by atoms with Gasteiger partial charge in [0, 0.05) is 29.6 Å². The van der Waals surface area contributed by atoms with Crippen LogP contribution >= 0.6 is 0 Å². The Bertz CT molecular complexity index is 399. The molecule has 0 fully saturated rings. The second-order valence-electron chi connectivity index (χ2n) is 10.6. The Labute approximate surface area is 161 Å². The Balaban J connectivity index is 4.29. The van der Waals surface area contributed by atoms with Crippen molar-refractivity contribution >= 4 is 11.6 Å². The molecule has 0 saturated carbocycles. The van der Waals surface area contributed by atoms with Gasteiger partial charge in [-0.2, -0.15) is 0 Å². The third-order valence-corrected chi connectivity index (χ3v) is 4.23. The van der Waals surface area contributed by atoms with Gasteiger partial charge in [0.25, 0.3) is 0 Å². The third-order valence-electron chi connectivity index (χ3n) is 4.23. The van der Waals surface area contributed by atoms with Crippen molar-refractivity contribution in [2.75, 3.05) is 26.4 Å². The summed E-state index contributed by atoms with van der Waals surface area (Å²) in [6.45, 7) is 20.3. The molecule has 0 N–H and O–H groups in total. The zero-order chi connectivity index (χ0) is 20.6. The lowest BCUT2D eigenvalue weighted by atomic mass is 9.85. The van der Waals surface area contributed by atoms with Crippen LogP contribution in [-0.2, 0) is 19.1 Å². The summed E-state index contributed by atoms with van der Waals surface area (Å²) < 4.78 is 11.5. The molecule has 0 spiro atoms. The molecule has 0 bridgehead atoms. The van der Waals surface area contributed by atoms with Gasteiger partial charge in [-0.25, -0.2) is 0 Å². The molecule has 0 aliphatic carbocycles. The number of ether oxygens (including phenoxy) is 2. The second kappa shape index (κ2) is 10.6. The topological polar surface area (TPSA) is 52.6 Å². The Morgan fingerprint density at radius 2 is 1.04 bits per heavy atom. The van der Waals surface area contributed by atoms with Crippen molar-refractivity contribution in [2.24, 2.45) is 22.2 Å². The molecule has 26 heavy (non-hydrogen) atoms. The SMILES string of the molecule is CC(C)(C)CC(COCCC(=O)C(C)(C)C)COCCC(=O)C(C)(C)C. The molecule has 0 heterocycles. The lowest BCUT2D eigenvalue weighted by Gasteiger charge is -2.26. The third kappa shape index (κ3) is 12.6. The molecule has 0 rings (SSSR count). The van der Waals surface area contributed by atoms with Gasteiger partial charge < -0.3 is 9.47 Å². The highest BCUT2D eigenvalue weighted by Crippen LogP contribution is 2.25. The predicted octanol–water partition coefficient (Wildman–Crippen LogP) is 5.08. The summed E-state index contributed by atoms with van der Waals surface area (Å²) in [4.78, 5) is 23.9. The van der Waals surface area contributed by atoms with E-state index in [4.69, 9.17) is 9.47 Å². The van der Waals surface area contributed by atoms with Crippen molar-refractivity contribution in [3.05, 3.63) is 0 Å². The van der Waals surface area contributed by atoms with Gasteiger partial charge in [-0.15, -0.1) is 0 Å². The molecule has 0 aromatic carbocycles. The average Bonchev–Trinajstić information content (AvgIpc) is 2.43. The Morgan fingerprint density at radius 3 is 1.31 bits per heavy atom. The van der Waals surface area contributed by atoms with Gasteiger partial charge >= 0.3 is 0 Å². The number of Topliss-reactive ketones (excluding diaryl/α,β-unsaturated/α-hetero) is 2. The largest absolute Gasteiger partial charge is 0.381 e. The van der Waals surface area contributed by atoms with Gasteiger partial charge in [-0.3, -0.25) is 9.59 Å². The number of rotatable bonds is 11. The van der Waals surface area contributed by atoms with Crippen molar-refractivity contribution in [2.45, 2.75) is 81.6 Å². The highest BCUT2D eigenvalue weighted by molar-refractivity contribution is 5.84. The van der Waals surface area contributed by atoms with Crippen molar-refractivity contribution < 1.29 is 19.1 Å². The molecule has 0 unspecified atom stereocenters. The van der Waals surface area contributed by atoms with E-state index in [9.17, 15) is 9.59 Å². The van der Waals surface area contributed by atoms with Crippen LogP contribution in [0.3, 0.4) is 0 Å². The lowest BCUT2D eigenvalue weighted by molar-refractivity contribution is -0.127. The van der Waals surface area contributed by atoms with E-state index in [-0.39, 0.29) is 33.7 Å². The van der Waals surface area contributed by atoms with Gasteiger partial charge in [0.15, 0.2) is 0 Å². The van der Waals surface area contributed by atoms with Crippen LogP contribution in [0.15, 0.2) is 0 Å². The van der Waals surface area contributed by atoms with Gasteiger partial charge in [0.05, 0.1) is 26.4 Å². The molecule has 0 aliphatic rings. The van der Waals surface area contributed by atoms with Crippen LogP contribution in [0, 0.1) is 22.2 Å². The first kappa shape index (κ1) is 25.3. The Kier molecular flexibility index (Phi) is 10.3. The van der Waals surface area contributed by atoms with E-state index in [0.717, 1.165) is 6.42 Å². The van der Waals surface area contributed by atoms with Crippen LogP contribution in [0.5, 0.6) is 0 Å². The second-order valence-corrected chi connectivity index (χ2v) is 10.6. The van der Waals surface area contributed by atoms with Crippen LogP contribution in [0.1, 0.15) is 81.6 Å². The van der Waals surface area contributed by atoms with Crippen molar-refractivity contribution in [3.8, 4) is 0 Å². The molecule has 0 radical (unpaired) electrons. The first-order valence-electron chi connectivity index (χ1n) is 9.85. The number of hydrogen-bond acceptors (Lipinski definition) is 4. The van der Waals surface area contributed by atoms with Crippen LogP contribution < -0.4 is 0 Å². The average molecular weight is 371 g/mol. The van der Waals surface area contributed by atoms with E-state index < -0.39 is 0 Å². The first-order chi connectivity index (χ1) is 11.6. The summed E-state index contributed by atoms with van der Waals surface area (Å²) in [7, 11) is 0. The zero-order valence-electron chi connectivity index (χ0n) is 18.7. The number of hydrogen-bond donors (Lipinski definition) is 0. The lowest BCUT2D eigenvalue weighted by Crippen LogP contribution is -2.26. The quantitative estimate of drug-likeness (QED) is 0.476. The van der Waals surface area contributed by atoms with E-state index in [1.54, 1.807) is 0 Å². The standard InChI is InChI=1S/C22H42O4/c1-20(2,3)14-17(15-25-12-10-18(23)21(4,5)6)16-26-13-11-19(24)22(7,8)9/h17H,10-16H2,1-9H3. The Hall–Kier alpha value is -0.740. The minimum Gasteiger partial charge on any atom is -0.381 e. The van der Waals surface area contributed by atoms with E-state index in [0.29, 0.717) is 39.3 Å². The summed E-state index contributed by atoms with van der Waals surface area (Å²) in [5.74, 6) is 0.716. The normalized spacial score (nSPS) is 13.3. The maximum atomic E-state index is 12.0. The molecule has 0 atom stereocenters. The van der Waals surface area contributed by atoms with Gasteiger partial charge in [-0.05, 0) is 11.8 Å².